The third-order valence-electron chi connectivity index (χ3n) is 6.40. The van der Waals surface area contributed by atoms with Gasteiger partial charge in [0.1, 0.15) is 12.1 Å². The SMILES string of the molecule is CN[C@@H](Cc1ccccc1)C(=O)N[C@H](C(=O)N(C)[C@H](C(=O)NCCc1ccccc1)C(C)C)C(C)C. The number of rotatable bonds is 13. The lowest BCUT2D eigenvalue weighted by molar-refractivity contribution is -0.144. The van der Waals surface area contributed by atoms with Crippen molar-refractivity contribution in [1.29, 1.82) is 0 Å². The molecular weight excluding hydrogens is 452 g/mol. The minimum Gasteiger partial charge on any atom is -0.354 e. The molecule has 0 bridgehead atoms. The van der Waals surface area contributed by atoms with Crippen LogP contribution in [0, 0.1) is 11.8 Å². The zero-order valence-electron chi connectivity index (χ0n) is 22.5. The zero-order valence-corrected chi connectivity index (χ0v) is 22.5. The second-order valence-corrected chi connectivity index (χ2v) is 9.93. The van der Waals surface area contributed by atoms with Gasteiger partial charge in [0, 0.05) is 13.6 Å². The fraction of sp³-hybridized carbons (Fsp3) is 0.483. The Morgan fingerprint density at radius 1 is 0.806 bits per heavy atom. The molecule has 0 unspecified atom stereocenters. The highest BCUT2D eigenvalue weighted by atomic mass is 16.2. The van der Waals surface area contributed by atoms with Gasteiger partial charge in [0.15, 0.2) is 0 Å². The number of amides is 3. The molecule has 7 heteroatoms. The predicted octanol–water partition coefficient (Wildman–Crippen LogP) is 2.80. The van der Waals surface area contributed by atoms with Crippen molar-refractivity contribution in [3.63, 3.8) is 0 Å². The monoisotopic (exact) mass is 494 g/mol. The highest BCUT2D eigenvalue weighted by Gasteiger charge is 2.35. The van der Waals surface area contributed by atoms with Gasteiger partial charge in [-0.25, -0.2) is 0 Å². The molecule has 2 aromatic rings. The van der Waals surface area contributed by atoms with Gasteiger partial charge in [-0.2, -0.15) is 0 Å². The Bertz CT molecular complexity index is 963. The summed E-state index contributed by atoms with van der Waals surface area (Å²) in [6.45, 7) is 8.12. The predicted molar refractivity (Wildman–Crippen MR) is 144 cm³/mol. The molecule has 0 aliphatic rings. The number of carbonyl (C=O) groups is 3. The molecular formula is C29H42N4O3. The largest absolute Gasteiger partial charge is 0.354 e. The van der Waals surface area contributed by atoms with Crippen LogP contribution in [0.2, 0.25) is 0 Å². The van der Waals surface area contributed by atoms with E-state index in [4.69, 9.17) is 0 Å². The molecule has 2 aromatic carbocycles. The summed E-state index contributed by atoms with van der Waals surface area (Å²) in [5.41, 5.74) is 2.17. The van der Waals surface area contributed by atoms with Crippen molar-refractivity contribution in [1.82, 2.24) is 20.9 Å². The molecule has 3 atom stereocenters. The number of hydrogen-bond acceptors (Lipinski definition) is 4. The fourth-order valence-corrected chi connectivity index (χ4v) is 4.30. The Hall–Kier alpha value is -3.19. The number of likely N-dealkylation sites (N-methyl/N-ethyl adjacent to an activating group) is 2. The first-order chi connectivity index (χ1) is 17.1. The molecule has 36 heavy (non-hydrogen) atoms. The molecule has 0 saturated heterocycles. The molecule has 0 fully saturated rings. The summed E-state index contributed by atoms with van der Waals surface area (Å²) >= 11 is 0. The molecule has 0 spiro atoms. The van der Waals surface area contributed by atoms with Crippen molar-refractivity contribution in [3.8, 4) is 0 Å². The molecule has 0 saturated carbocycles. The van der Waals surface area contributed by atoms with Gasteiger partial charge < -0.3 is 20.9 Å². The maximum Gasteiger partial charge on any atom is 0.245 e. The van der Waals surface area contributed by atoms with E-state index >= 15 is 0 Å². The van der Waals surface area contributed by atoms with Crippen molar-refractivity contribution in [2.75, 3.05) is 20.6 Å². The van der Waals surface area contributed by atoms with Crippen molar-refractivity contribution in [2.45, 2.75) is 58.7 Å². The van der Waals surface area contributed by atoms with Crippen LogP contribution in [-0.4, -0.2) is 61.4 Å². The van der Waals surface area contributed by atoms with E-state index in [1.54, 1.807) is 14.1 Å². The van der Waals surface area contributed by atoms with Crippen molar-refractivity contribution in [2.24, 2.45) is 11.8 Å². The van der Waals surface area contributed by atoms with E-state index in [0.717, 1.165) is 11.1 Å². The summed E-state index contributed by atoms with van der Waals surface area (Å²) in [5, 5.41) is 8.98. The Morgan fingerprint density at radius 3 is 1.86 bits per heavy atom. The third-order valence-corrected chi connectivity index (χ3v) is 6.40. The smallest absolute Gasteiger partial charge is 0.245 e. The van der Waals surface area contributed by atoms with E-state index in [2.05, 4.69) is 16.0 Å². The Balaban J connectivity index is 2.06. The van der Waals surface area contributed by atoms with Crippen LogP contribution in [0.25, 0.3) is 0 Å². The first-order valence-electron chi connectivity index (χ1n) is 12.8. The van der Waals surface area contributed by atoms with E-state index in [1.165, 1.54) is 4.90 Å². The fourth-order valence-electron chi connectivity index (χ4n) is 4.30. The van der Waals surface area contributed by atoms with E-state index in [9.17, 15) is 14.4 Å². The van der Waals surface area contributed by atoms with Crippen LogP contribution >= 0.6 is 0 Å². The third kappa shape index (κ3) is 8.48. The van der Waals surface area contributed by atoms with Crippen molar-refractivity contribution < 1.29 is 14.4 Å². The normalized spacial score (nSPS) is 13.7. The van der Waals surface area contributed by atoms with Crippen LogP contribution in [0.4, 0.5) is 0 Å². The van der Waals surface area contributed by atoms with Gasteiger partial charge in [0.25, 0.3) is 0 Å². The van der Waals surface area contributed by atoms with Crippen LogP contribution in [0.5, 0.6) is 0 Å². The molecule has 0 heterocycles. The lowest BCUT2D eigenvalue weighted by atomic mass is 9.97. The number of hydrogen-bond donors (Lipinski definition) is 3. The van der Waals surface area contributed by atoms with Gasteiger partial charge in [-0.3, -0.25) is 14.4 Å². The Morgan fingerprint density at radius 2 is 1.36 bits per heavy atom. The van der Waals surface area contributed by atoms with Gasteiger partial charge in [-0.05, 0) is 42.9 Å². The van der Waals surface area contributed by atoms with Crippen molar-refractivity contribution in [3.05, 3.63) is 71.8 Å². The highest BCUT2D eigenvalue weighted by molar-refractivity contribution is 5.93. The van der Waals surface area contributed by atoms with Gasteiger partial charge in [0.05, 0.1) is 6.04 Å². The second-order valence-electron chi connectivity index (χ2n) is 9.93. The Kier molecular flexibility index (Phi) is 11.6. The standard InChI is InChI=1S/C29H42N4O3/c1-20(2)25(32-27(34)24(30-5)19-23-15-11-8-12-16-23)29(36)33(6)26(21(3)4)28(35)31-18-17-22-13-9-7-10-14-22/h7-16,20-21,24-26,30H,17-19H2,1-6H3,(H,31,35)(H,32,34)/t24-,25-,26-/m0/s1. The molecule has 0 aliphatic heterocycles. The minimum atomic E-state index is -0.743. The maximum absolute atomic E-state index is 13.5. The van der Waals surface area contributed by atoms with Gasteiger partial charge >= 0.3 is 0 Å². The van der Waals surface area contributed by atoms with Gasteiger partial charge in [-0.1, -0.05) is 88.4 Å². The molecule has 0 aliphatic carbocycles. The van der Waals surface area contributed by atoms with E-state index in [0.29, 0.717) is 19.4 Å². The summed E-state index contributed by atoms with van der Waals surface area (Å²) in [6, 6.07) is 17.8. The summed E-state index contributed by atoms with van der Waals surface area (Å²) in [7, 11) is 3.38. The summed E-state index contributed by atoms with van der Waals surface area (Å²) in [6.07, 6.45) is 1.23. The van der Waals surface area contributed by atoms with Crippen molar-refractivity contribution >= 4 is 17.7 Å². The lowest BCUT2D eigenvalue weighted by Crippen LogP contribution is -2.59. The summed E-state index contributed by atoms with van der Waals surface area (Å²) in [4.78, 5) is 41.2. The molecule has 0 radical (unpaired) electrons. The minimum absolute atomic E-state index is 0.0951. The van der Waals surface area contributed by atoms with Gasteiger partial charge in [-0.15, -0.1) is 0 Å². The van der Waals surface area contributed by atoms with Crippen LogP contribution in [-0.2, 0) is 27.2 Å². The number of carbonyl (C=O) groups excluding carboxylic acids is 3. The first kappa shape index (κ1) is 29.0. The average Bonchev–Trinajstić information content (AvgIpc) is 2.86. The van der Waals surface area contributed by atoms with Crippen LogP contribution in [0.1, 0.15) is 38.8 Å². The Labute approximate surface area is 216 Å². The number of nitrogens with zero attached hydrogens (tertiary/aromatic N) is 1. The first-order valence-corrected chi connectivity index (χ1v) is 12.8. The molecule has 0 aromatic heterocycles. The average molecular weight is 495 g/mol. The second kappa shape index (κ2) is 14.4. The van der Waals surface area contributed by atoms with E-state index < -0.39 is 18.1 Å². The molecule has 3 N–H and O–H groups in total. The summed E-state index contributed by atoms with van der Waals surface area (Å²) < 4.78 is 0. The number of benzene rings is 2. The topological polar surface area (TPSA) is 90.5 Å². The number of nitrogens with one attached hydrogen (secondary N) is 3. The van der Waals surface area contributed by atoms with E-state index in [-0.39, 0.29) is 29.6 Å². The summed E-state index contributed by atoms with van der Waals surface area (Å²) in [5.74, 6) is -0.947. The molecule has 3 amide bonds. The maximum atomic E-state index is 13.5. The molecule has 7 nitrogen and oxygen atoms in total. The van der Waals surface area contributed by atoms with E-state index in [1.807, 2.05) is 88.4 Å². The lowest BCUT2D eigenvalue weighted by Gasteiger charge is -2.34. The molecule has 2 rings (SSSR count). The zero-order chi connectivity index (χ0) is 26.7. The van der Waals surface area contributed by atoms with Crippen LogP contribution < -0.4 is 16.0 Å². The van der Waals surface area contributed by atoms with Crippen LogP contribution in [0.15, 0.2) is 60.7 Å². The molecule has 196 valence electrons. The highest BCUT2D eigenvalue weighted by Crippen LogP contribution is 2.15. The van der Waals surface area contributed by atoms with Gasteiger partial charge in [0.2, 0.25) is 17.7 Å². The van der Waals surface area contributed by atoms with Crippen LogP contribution in [0.3, 0.4) is 0 Å². The quantitative estimate of drug-likeness (QED) is 0.399.